The molecular weight excluding hydrogens is 1970 g/mol. The van der Waals surface area contributed by atoms with Crippen molar-refractivity contribution in [3.05, 3.63) is 180 Å². The van der Waals surface area contributed by atoms with Gasteiger partial charge in [-0.25, -0.2) is 83.0 Å². The molecule has 18 rings (SSSR count). The van der Waals surface area contributed by atoms with Gasteiger partial charge in [-0.3, -0.25) is 0 Å². The van der Waals surface area contributed by atoms with Crippen molar-refractivity contribution in [3.8, 4) is 23.0 Å². The Morgan fingerprint density at radius 3 is 0.985 bits per heavy atom. The summed E-state index contributed by atoms with van der Waals surface area (Å²) in [6.07, 6.45) is 18.0. The number of nitrogens with two attached hydrogens (primary N) is 1. The average Bonchev–Trinajstić information content (AvgIpc) is 1.65. The summed E-state index contributed by atoms with van der Waals surface area (Å²) in [5.41, 5.74) is 14.5. The predicted octanol–water partition coefficient (Wildman–Crippen LogP) is 15.0. The third kappa shape index (κ3) is 26.0. The Hall–Kier alpha value is -7.92. The van der Waals surface area contributed by atoms with Crippen molar-refractivity contribution in [2.24, 2.45) is 5.73 Å². The van der Waals surface area contributed by atoms with E-state index < -0.39 is 40.1 Å². The van der Waals surface area contributed by atoms with Crippen LogP contribution in [-0.4, -0.2) is 208 Å². The van der Waals surface area contributed by atoms with Gasteiger partial charge in [0.1, 0.15) is 112 Å². The molecule has 726 valence electrons. The van der Waals surface area contributed by atoms with E-state index in [1.165, 1.54) is 69.6 Å². The molecule has 0 unspecified atom stereocenters. The Balaban J connectivity index is 0.000000137. The summed E-state index contributed by atoms with van der Waals surface area (Å²) in [5.74, 6) is 5.43. The average molecular weight is 2080 g/mol. The first-order valence-corrected chi connectivity index (χ1v) is 56.4. The van der Waals surface area contributed by atoms with E-state index in [0.29, 0.717) is 169 Å². The van der Waals surface area contributed by atoms with E-state index >= 15 is 0 Å². The second kappa shape index (κ2) is 46.4. The van der Waals surface area contributed by atoms with Gasteiger partial charge in [-0.15, -0.1) is 45.3 Å². The van der Waals surface area contributed by atoms with Crippen LogP contribution in [0.25, 0.3) is 40.9 Å². The highest BCUT2D eigenvalue weighted by molar-refractivity contribution is 7.89. The SMILES string of the molecule is COc1ccc(CNc2nc(CS(=O)(=O)N3CCNCC3)nc3sc4c(c23)CCCC4)cc1Cl.COc1ccc(CNc2nc(CS(=O)(=O)N3CCOCC3)nc3sc4c(c23)CCCC4)cc1Cl.COc1ccc(CNc2nc(CS(=O)(=O)NCCCN(C)C)nc3sc4c(c23)CCCC4)cc1Cl.COc1ccc(CNc2nc(CS(=O)(=O)NCCN)nc3sc4c(c23)CCCC4)cc1Cl. The fraction of sp³-hybridized carbons (Fsp3) is 0.473. The van der Waals surface area contributed by atoms with E-state index in [0.717, 1.165) is 160 Å². The number of halogens is 4. The van der Waals surface area contributed by atoms with E-state index in [1.54, 1.807) is 73.8 Å². The topological polar surface area (TPSA) is 406 Å². The number of rotatable bonds is 34. The number of thiophene rings is 4. The maximum Gasteiger partial charge on any atom is 0.221 e. The Kier molecular flexibility index (Phi) is 34.9. The molecule has 9 N–H and O–H groups in total. The Bertz CT molecular complexity index is 6520. The maximum atomic E-state index is 13.0. The molecule has 0 amide bonds. The van der Waals surface area contributed by atoms with E-state index in [4.69, 9.17) is 101 Å². The molecule has 2 fully saturated rings. The number of aryl methyl sites for hydroxylation is 8. The van der Waals surface area contributed by atoms with Crippen molar-refractivity contribution >= 4 is 196 Å². The van der Waals surface area contributed by atoms with Gasteiger partial charge in [0.05, 0.1) is 83.3 Å². The van der Waals surface area contributed by atoms with E-state index in [1.807, 2.05) is 91.8 Å². The fourth-order valence-electron chi connectivity index (χ4n) is 17.1. The van der Waals surface area contributed by atoms with Gasteiger partial charge in [0.25, 0.3) is 0 Å². The van der Waals surface area contributed by atoms with Crippen LogP contribution in [0.15, 0.2) is 72.8 Å². The van der Waals surface area contributed by atoms with Crippen LogP contribution in [0, 0.1) is 0 Å². The maximum absolute atomic E-state index is 13.0. The molecule has 0 atom stereocenters. The summed E-state index contributed by atoms with van der Waals surface area (Å²) in [5, 5.41) is 23.1. The van der Waals surface area contributed by atoms with Gasteiger partial charge >= 0.3 is 0 Å². The minimum atomic E-state index is -3.57. The third-order valence-electron chi connectivity index (χ3n) is 23.8. The van der Waals surface area contributed by atoms with Crippen LogP contribution in [0.2, 0.25) is 20.1 Å². The molecule has 0 bridgehead atoms. The number of sulfonamides is 4. The van der Waals surface area contributed by atoms with Gasteiger partial charge in [0.15, 0.2) is 0 Å². The lowest BCUT2D eigenvalue weighted by molar-refractivity contribution is 0.0729. The minimum Gasteiger partial charge on any atom is -0.495 e. The van der Waals surface area contributed by atoms with E-state index in [2.05, 4.69) is 51.0 Å². The van der Waals surface area contributed by atoms with Gasteiger partial charge in [-0.2, -0.15) is 8.61 Å². The fourth-order valence-corrected chi connectivity index (χ4v) is 28.1. The number of nitrogens with zero attached hydrogens (tertiary/aromatic N) is 11. The first-order chi connectivity index (χ1) is 65.0. The lowest BCUT2D eigenvalue weighted by atomic mass is 9.97. The molecule has 0 spiro atoms. The molecule has 4 aliphatic carbocycles. The van der Waals surface area contributed by atoms with Crippen molar-refractivity contribution in [3.63, 3.8) is 0 Å². The molecule has 32 nitrogen and oxygen atoms in total. The lowest BCUT2D eigenvalue weighted by Gasteiger charge is -2.26. The molecule has 0 radical (unpaired) electrons. The van der Waals surface area contributed by atoms with Crippen molar-refractivity contribution in [1.82, 2.24) is 68.1 Å². The number of morpholine rings is 1. The zero-order valence-electron chi connectivity index (χ0n) is 76.2. The van der Waals surface area contributed by atoms with Gasteiger partial charge < -0.3 is 60.9 Å². The highest BCUT2D eigenvalue weighted by Crippen LogP contribution is 2.45. The van der Waals surface area contributed by atoms with Crippen LogP contribution < -0.4 is 60.7 Å². The monoisotopic (exact) mass is 2080 g/mol. The van der Waals surface area contributed by atoms with Gasteiger partial charge in [0, 0.05) is 105 Å². The van der Waals surface area contributed by atoms with Crippen molar-refractivity contribution in [2.45, 2.75) is 158 Å². The standard InChI is InChI=1S/C24H32ClN5O3S2.C23H28ClN5O3S2.C23H27ClN4O4S2.C21H26ClN5O3S2/c1-30(2)12-6-11-27-35(31,32)15-21-28-23(26-14-16-9-10-19(33-3)18(25)13-16)22-17-7-4-5-8-20(17)34-24(22)29-21;1-32-18-7-6-15(12-17(18)24)13-26-22-21-16-4-2-3-5-19(16)33-23(21)28-20(27-22)14-34(30,31)29-10-8-25-9-11-29;1-31-18-7-6-15(12-17(18)24)13-25-22-21-16-4-2-3-5-19(16)33-23(21)27-20(26-22)14-34(29,30)28-8-10-32-11-9-28;1-30-16-7-6-13(10-15(16)22)11-24-20-19-14-4-2-3-5-17(14)31-21(19)27-18(26-20)12-32(28,29)25-9-8-23/h9-10,13,27H,4-8,11-12,14-15H2,1-3H3,(H,26,28,29);6-7,12,25H,2-5,8-11,13-14H2,1H3,(H,26,27,28);6-7,12H,2-5,8-11,13-14H2,1H3,(H,25,26,27);6-7,10,25H,2-5,8-9,11-12,23H2,1H3,(H,24,26,27). The lowest BCUT2D eigenvalue weighted by Crippen LogP contribution is -2.46. The molecule has 135 heavy (non-hydrogen) atoms. The number of hydrogen-bond donors (Lipinski definition) is 8. The second-order valence-corrected chi connectivity index (χ2v) is 47.2. The van der Waals surface area contributed by atoms with Gasteiger partial charge in [0.2, 0.25) is 40.1 Å². The molecule has 10 heterocycles. The molecule has 6 aliphatic rings. The summed E-state index contributed by atoms with van der Waals surface area (Å²) in [4.78, 5) is 48.2. The summed E-state index contributed by atoms with van der Waals surface area (Å²) in [6.45, 7) is 7.41. The second-order valence-electron chi connectivity index (χ2n) is 33.7. The summed E-state index contributed by atoms with van der Waals surface area (Å²) >= 11 is 31.8. The molecule has 12 aromatic rings. The number of ether oxygens (including phenoxy) is 5. The molecular formula is C91H113Cl4N19O13S8. The normalized spacial score (nSPS) is 15.4. The summed E-state index contributed by atoms with van der Waals surface area (Å²) in [6, 6.07) is 22.5. The van der Waals surface area contributed by atoms with Crippen LogP contribution in [-0.2, 0) is 145 Å². The highest BCUT2D eigenvalue weighted by Gasteiger charge is 2.33. The van der Waals surface area contributed by atoms with Crippen molar-refractivity contribution in [1.29, 1.82) is 0 Å². The highest BCUT2D eigenvalue weighted by atomic mass is 35.5. The molecule has 44 heteroatoms. The first-order valence-electron chi connectivity index (χ1n) is 45.1. The number of anilines is 4. The smallest absolute Gasteiger partial charge is 0.221 e. The van der Waals surface area contributed by atoms with Crippen molar-refractivity contribution in [2.75, 3.05) is 142 Å². The van der Waals surface area contributed by atoms with E-state index in [-0.39, 0.29) is 41.9 Å². The van der Waals surface area contributed by atoms with Crippen LogP contribution in [0.3, 0.4) is 0 Å². The quantitative estimate of drug-likeness (QED) is 0.0174. The number of nitrogens with one attached hydrogen (secondary N) is 7. The zero-order chi connectivity index (χ0) is 95.1. The molecule has 0 saturated carbocycles. The van der Waals surface area contributed by atoms with Crippen molar-refractivity contribution < 1.29 is 57.4 Å². The van der Waals surface area contributed by atoms with E-state index in [9.17, 15) is 33.7 Å². The Labute approximate surface area is 824 Å². The number of benzene rings is 4. The number of hydrogen-bond acceptors (Lipinski definition) is 32. The number of fused-ring (bicyclic) bond motifs is 12. The minimum absolute atomic E-state index is 0.182. The van der Waals surface area contributed by atoms with Gasteiger partial charge in [-0.1, -0.05) is 70.7 Å². The Morgan fingerprint density at radius 2 is 0.696 bits per heavy atom. The molecule has 2 saturated heterocycles. The predicted molar refractivity (Wildman–Crippen MR) is 543 cm³/mol. The third-order valence-corrected chi connectivity index (χ3v) is 35.9. The number of piperazine rings is 1. The van der Waals surface area contributed by atoms with Crippen LogP contribution in [0.5, 0.6) is 23.0 Å². The molecule has 2 aliphatic heterocycles. The molecule has 4 aromatic carbocycles. The first kappa shape index (κ1) is 101. The summed E-state index contributed by atoms with van der Waals surface area (Å²) < 4.78 is 137. The van der Waals surface area contributed by atoms with Crippen LogP contribution in [0.4, 0.5) is 23.3 Å². The van der Waals surface area contributed by atoms with Crippen LogP contribution in [0.1, 0.15) is 145 Å². The number of aromatic nitrogens is 8. The van der Waals surface area contributed by atoms with Crippen LogP contribution >= 0.6 is 91.8 Å². The van der Waals surface area contributed by atoms with Gasteiger partial charge in [-0.05, 0) is 223 Å². The molecule has 8 aromatic heterocycles. The number of methoxy groups -OCH3 is 4. The zero-order valence-corrected chi connectivity index (χ0v) is 85.7. The summed E-state index contributed by atoms with van der Waals surface area (Å²) in [7, 11) is -3.87. The largest absolute Gasteiger partial charge is 0.495 e. The Morgan fingerprint density at radius 1 is 0.407 bits per heavy atom.